The van der Waals surface area contributed by atoms with Gasteiger partial charge in [0, 0.05) is 12.6 Å². The van der Waals surface area contributed by atoms with Crippen LogP contribution in [0.5, 0.6) is 0 Å². The van der Waals surface area contributed by atoms with Crippen LogP contribution in [0.25, 0.3) is 0 Å². The Balaban J connectivity index is 1.51. The van der Waals surface area contributed by atoms with E-state index in [1.54, 1.807) is 9.47 Å². The molecule has 1 aliphatic carbocycles. The van der Waals surface area contributed by atoms with Crippen LogP contribution >= 0.6 is 0 Å². The molecule has 1 unspecified atom stereocenters. The number of fused-ring (bicyclic) bond motifs is 1. The summed E-state index contributed by atoms with van der Waals surface area (Å²) in [6.45, 7) is 5.17. The van der Waals surface area contributed by atoms with Crippen molar-refractivity contribution < 1.29 is 18.7 Å². The summed E-state index contributed by atoms with van der Waals surface area (Å²) in [7, 11) is 0. The van der Waals surface area contributed by atoms with E-state index in [1.165, 1.54) is 0 Å². The van der Waals surface area contributed by atoms with Crippen LogP contribution in [0.1, 0.15) is 56.0 Å². The van der Waals surface area contributed by atoms with Crippen LogP contribution < -0.4 is 5.32 Å². The Morgan fingerprint density at radius 2 is 2.00 bits per heavy atom. The van der Waals surface area contributed by atoms with Gasteiger partial charge in [-0.3, -0.25) is 9.59 Å². The summed E-state index contributed by atoms with van der Waals surface area (Å²) in [5.41, 5.74) is -2.30. The summed E-state index contributed by atoms with van der Waals surface area (Å²) in [5, 5.41) is 10.9. The van der Waals surface area contributed by atoms with Gasteiger partial charge in [-0.15, -0.1) is 10.2 Å². The van der Waals surface area contributed by atoms with Gasteiger partial charge in [-0.2, -0.15) is 0 Å². The van der Waals surface area contributed by atoms with E-state index in [9.17, 15) is 14.0 Å². The molecule has 4 rings (SSSR count). The first-order valence-corrected chi connectivity index (χ1v) is 9.17. The molecule has 2 fully saturated rings. The summed E-state index contributed by atoms with van der Waals surface area (Å²) in [4.78, 5) is 26.4. The van der Waals surface area contributed by atoms with Crippen molar-refractivity contribution in [1.29, 1.82) is 0 Å². The SMILES string of the molecule is CC(C)NC(=O)c1nnc2n1CC1(CCN(C(=O)C3(F)CCC3)C1)OC2. The van der Waals surface area contributed by atoms with Crippen molar-refractivity contribution in [2.24, 2.45) is 0 Å². The Hall–Kier alpha value is -2.03. The van der Waals surface area contributed by atoms with Gasteiger partial charge in [0.25, 0.3) is 11.8 Å². The number of carbonyl (C=O) groups excluding carboxylic acids is 2. The molecular formula is C17H24FN5O3. The van der Waals surface area contributed by atoms with Gasteiger partial charge in [0.2, 0.25) is 5.82 Å². The number of rotatable bonds is 3. The third kappa shape index (κ3) is 2.78. The normalized spacial score (nSPS) is 26.7. The highest BCUT2D eigenvalue weighted by Crippen LogP contribution is 2.40. The van der Waals surface area contributed by atoms with Crippen LogP contribution in [0.15, 0.2) is 0 Å². The molecule has 0 bridgehead atoms. The number of halogens is 1. The van der Waals surface area contributed by atoms with Gasteiger partial charge in [0.05, 0.1) is 13.1 Å². The van der Waals surface area contributed by atoms with Crippen LogP contribution in [0.4, 0.5) is 4.39 Å². The van der Waals surface area contributed by atoms with Crippen LogP contribution in [-0.4, -0.2) is 61.9 Å². The maximum Gasteiger partial charge on any atom is 0.289 e. The summed E-state index contributed by atoms with van der Waals surface area (Å²) in [6, 6.07) is -0.00735. The third-order valence-corrected chi connectivity index (χ3v) is 5.54. The Bertz CT molecular complexity index is 745. The zero-order valence-corrected chi connectivity index (χ0v) is 15.1. The second-order valence-electron chi connectivity index (χ2n) is 7.92. The first-order valence-electron chi connectivity index (χ1n) is 9.17. The minimum absolute atomic E-state index is 0.00735. The van der Waals surface area contributed by atoms with Crippen LogP contribution in [0.3, 0.4) is 0 Å². The minimum atomic E-state index is -1.69. The first kappa shape index (κ1) is 17.4. The highest BCUT2D eigenvalue weighted by Gasteiger charge is 2.52. The van der Waals surface area contributed by atoms with Gasteiger partial charge in [-0.1, -0.05) is 0 Å². The fourth-order valence-electron chi connectivity index (χ4n) is 3.90. The molecule has 3 aliphatic rings. The number of ether oxygens (including phenoxy) is 1. The smallest absolute Gasteiger partial charge is 0.289 e. The Morgan fingerprint density at radius 3 is 2.65 bits per heavy atom. The second kappa shape index (κ2) is 6.00. The molecule has 1 saturated carbocycles. The van der Waals surface area contributed by atoms with Crippen molar-refractivity contribution in [1.82, 2.24) is 25.0 Å². The molecule has 9 heteroatoms. The molecule has 2 aliphatic heterocycles. The molecule has 26 heavy (non-hydrogen) atoms. The minimum Gasteiger partial charge on any atom is -0.363 e. The monoisotopic (exact) mass is 365 g/mol. The highest BCUT2D eigenvalue weighted by molar-refractivity contribution is 5.91. The van der Waals surface area contributed by atoms with E-state index in [0.29, 0.717) is 44.7 Å². The van der Waals surface area contributed by atoms with Gasteiger partial charge >= 0.3 is 0 Å². The summed E-state index contributed by atoms with van der Waals surface area (Å²) in [5.74, 6) is 0.146. The number of likely N-dealkylation sites (tertiary alicyclic amines) is 1. The summed E-state index contributed by atoms with van der Waals surface area (Å²) >= 11 is 0. The van der Waals surface area contributed by atoms with Crippen LogP contribution in [0, 0.1) is 0 Å². The molecule has 1 saturated heterocycles. The molecule has 2 amide bonds. The molecule has 1 aromatic heterocycles. The molecule has 8 nitrogen and oxygen atoms in total. The molecule has 0 aromatic carbocycles. The molecule has 0 radical (unpaired) electrons. The number of hydrogen-bond donors (Lipinski definition) is 1. The van der Waals surface area contributed by atoms with Crippen molar-refractivity contribution >= 4 is 11.8 Å². The lowest BCUT2D eigenvalue weighted by Crippen LogP contribution is -2.52. The summed E-state index contributed by atoms with van der Waals surface area (Å²) in [6.07, 6.45) is 1.99. The predicted octanol–water partition coefficient (Wildman–Crippen LogP) is 0.810. The van der Waals surface area contributed by atoms with Crippen molar-refractivity contribution in [3.8, 4) is 0 Å². The van der Waals surface area contributed by atoms with Crippen molar-refractivity contribution in [2.75, 3.05) is 13.1 Å². The topological polar surface area (TPSA) is 89.4 Å². The molecule has 3 heterocycles. The number of aromatic nitrogens is 3. The molecule has 1 spiro atoms. The second-order valence-corrected chi connectivity index (χ2v) is 7.92. The number of carbonyl (C=O) groups is 2. The Kier molecular flexibility index (Phi) is 4.02. The third-order valence-electron chi connectivity index (χ3n) is 5.54. The lowest BCUT2D eigenvalue weighted by molar-refractivity contribution is -0.151. The lowest BCUT2D eigenvalue weighted by atomic mass is 9.81. The molecule has 1 N–H and O–H groups in total. The van der Waals surface area contributed by atoms with Crippen LogP contribution in [0.2, 0.25) is 0 Å². The maximum atomic E-state index is 14.5. The van der Waals surface area contributed by atoms with Gasteiger partial charge in [-0.05, 0) is 39.5 Å². The highest BCUT2D eigenvalue weighted by atomic mass is 19.1. The maximum absolute atomic E-state index is 14.5. The molecule has 1 aromatic rings. The molecule has 142 valence electrons. The number of nitrogens with one attached hydrogen (secondary N) is 1. The predicted molar refractivity (Wildman–Crippen MR) is 89.0 cm³/mol. The number of nitrogens with zero attached hydrogens (tertiary/aromatic N) is 4. The van der Waals surface area contributed by atoms with E-state index in [2.05, 4.69) is 15.5 Å². The van der Waals surface area contributed by atoms with Crippen molar-refractivity contribution in [2.45, 2.75) is 70.0 Å². The van der Waals surface area contributed by atoms with E-state index in [0.717, 1.165) is 6.42 Å². The van der Waals surface area contributed by atoms with Gasteiger partial charge in [-0.25, -0.2) is 4.39 Å². The zero-order valence-electron chi connectivity index (χ0n) is 15.1. The van der Waals surface area contributed by atoms with Crippen LogP contribution in [-0.2, 0) is 22.7 Å². The van der Waals surface area contributed by atoms with Gasteiger partial charge in [0.1, 0.15) is 12.2 Å². The zero-order chi connectivity index (χ0) is 18.5. The van der Waals surface area contributed by atoms with E-state index < -0.39 is 17.2 Å². The quantitative estimate of drug-likeness (QED) is 0.856. The molecule has 1 atom stereocenters. The van der Waals surface area contributed by atoms with E-state index >= 15 is 0 Å². The molecular weight excluding hydrogens is 341 g/mol. The lowest BCUT2D eigenvalue weighted by Gasteiger charge is -2.37. The fourth-order valence-corrected chi connectivity index (χ4v) is 3.90. The van der Waals surface area contributed by atoms with E-state index in [1.807, 2.05) is 13.8 Å². The first-order chi connectivity index (χ1) is 12.3. The fraction of sp³-hybridized carbons (Fsp3) is 0.765. The van der Waals surface area contributed by atoms with Gasteiger partial charge in [0.15, 0.2) is 11.5 Å². The average Bonchev–Trinajstić information content (AvgIpc) is 3.16. The van der Waals surface area contributed by atoms with Gasteiger partial charge < -0.3 is 19.5 Å². The van der Waals surface area contributed by atoms with E-state index in [4.69, 9.17) is 4.74 Å². The average molecular weight is 365 g/mol. The number of alkyl halides is 1. The Morgan fingerprint density at radius 1 is 1.23 bits per heavy atom. The van der Waals surface area contributed by atoms with Crippen molar-refractivity contribution in [3.63, 3.8) is 0 Å². The van der Waals surface area contributed by atoms with E-state index in [-0.39, 0.29) is 24.4 Å². The standard InChI is InChI=1S/C17H24FN5O3/c1-11(2)19-14(24)13-21-20-12-8-26-16(10-23(12)13)6-7-22(9-16)15(25)17(18)4-3-5-17/h11H,3-10H2,1-2H3,(H,19,24). The summed E-state index contributed by atoms with van der Waals surface area (Å²) < 4.78 is 22.2. The number of hydrogen-bond acceptors (Lipinski definition) is 5. The Labute approximate surface area is 151 Å². The van der Waals surface area contributed by atoms with Crippen molar-refractivity contribution in [3.05, 3.63) is 11.6 Å². The largest absolute Gasteiger partial charge is 0.363 e. The number of amides is 2.